The first kappa shape index (κ1) is 16.3. The number of amides is 1. The number of nitrogens with one attached hydrogen (secondary N) is 1. The number of ether oxygens (including phenoxy) is 1. The van der Waals surface area contributed by atoms with Crippen LogP contribution in [-0.4, -0.2) is 29.4 Å². The van der Waals surface area contributed by atoms with Crippen molar-refractivity contribution in [2.24, 2.45) is 11.8 Å². The minimum absolute atomic E-state index is 0.0225. The molecule has 0 bridgehead atoms. The monoisotopic (exact) mass is 271 g/mol. The van der Waals surface area contributed by atoms with Crippen LogP contribution in [0.2, 0.25) is 0 Å². The van der Waals surface area contributed by atoms with Gasteiger partial charge in [0, 0.05) is 0 Å². The van der Waals surface area contributed by atoms with Gasteiger partial charge < -0.3 is 15.2 Å². The van der Waals surface area contributed by atoms with Gasteiger partial charge in [-0.05, 0) is 39.0 Å². The lowest BCUT2D eigenvalue weighted by Gasteiger charge is -2.29. The molecule has 0 aromatic heterocycles. The van der Waals surface area contributed by atoms with E-state index in [1.165, 1.54) is 25.7 Å². The van der Waals surface area contributed by atoms with Gasteiger partial charge in [0.05, 0.1) is 12.6 Å². The number of hydrogen-bond acceptors (Lipinski definition) is 3. The summed E-state index contributed by atoms with van der Waals surface area (Å²) in [5.74, 6) is 1.44. The fourth-order valence-electron chi connectivity index (χ4n) is 2.62. The van der Waals surface area contributed by atoms with E-state index in [9.17, 15) is 9.90 Å². The lowest BCUT2D eigenvalue weighted by atomic mass is 9.80. The molecule has 1 amide bonds. The minimum atomic E-state index is -0.496. The molecule has 1 aliphatic rings. The molecule has 1 saturated carbocycles. The Labute approximate surface area is 116 Å². The van der Waals surface area contributed by atoms with Crippen LogP contribution in [0.25, 0.3) is 0 Å². The van der Waals surface area contributed by atoms with Gasteiger partial charge in [0.2, 0.25) is 0 Å². The third kappa shape index (κ3) is 6.81. The third-order valence-electron chi connectivity index (χ3n) is 3.69. The minimum Gasteiger partial charge on any atom is -0.444 e. The Morgan fingerprint density at radius 1 is 1.32 bits per heavy atom. The van der Waals surface area contributed by atoms with Gasteiger partial charge in [0.25, 0.3) is 0 Å². The summed E-state index contributed by atoms with van der Waals surface area (Å²) in [6.07, 6.45) is 5.34. The number of alkyl carbamates (subject to hydrolysis) is 1. The molecular formula is C15H29NO3. The quantitative estimate of drug-likeness (QED) is 0.826. The van der Waals surface area contributed by atoms with E-state index in [0.717, 1.165) is 12.3 Å². The van der Waals surface area contributed by atoms with Gasteiger partial charge in [-0.15, -0.1) is 0 Å². The van der Waals surface area contributed by atoms with E-state index in [0.29, 0.717) is 5.92 Å². The van der Waals surface area contributed by atoms with Crippen molar-refractivity contribution < 1.29 is 14.6 Å². The number of aliphatic hydroxyl groups is 1. The van der Waals surface area contributed by atoms with Gasteiger partial charge in [-0.2, -0.15) is 0 Å². The van der Waals surface area contributed by atoms with Crippen LogP contribution < -0.4 is 5.32 Å². The number of hydrogen-bond donors (Lipinski definition) is 2. The molecule has 0 radical (unpaired) electrons. The van der Waals surface area contributed by atoms with Crippen LogP contribution in [0.4, 0.5) is 4.79 Å². The SMILES string of the molecule is CC1CCC(C[C@@H](CO)NC(=O)OC(C)(C)C)CC1. The van der Waals surface area contributed by atoms with Crippen LogP contribution in [0.5, 0.6) is 0 Å². The van der Waals surface area contributed by atoms with Crippen molar-refractivity contribution >= 4 is 6.09 Å². The number of carbonyl (C=O) groups excluding carboxylic acids is 1. The maximum atomic E-state index is 11.7. The maximum absolute atomic E-state index is 11.7. The molecule has 0 aliphatic heterocycles. The summed E-state index contributed by atoms with van der Waals surface area (Å²) in [6.45, 7) is 7.78. The van der Waals surface area contributed by atoms with Gasteiger partial charge in [-0.3, -0.25) is 0 Å². The Kier molecular flexibility index (Phi) is 6.11. The summed E-state index contributed by atoms with van der Waals surface area (Å²) in [6, 6.07) is -0.187. The van der Waals surface area contributed by atoms with Gasteiger partial charge >= 0.3 is 6.09 Å². The van der Waals surface area contributed by atoms with Gasteiger partial charge in [0.15, 0.2) is 0 Å². The Morgan fingerprint density at radius 2 is 1.89 bits per heavy atom. The highest BCUT2D eigenvalue weighted by Crippen LogP contribution is 2.31. The van der Waals surface area contributed by atoms with E-state index in [1.807, 2.05) is 20.8 Å². The zero-order valence-corrected chi connectivity index (χ0v) is 12.7. The highest BCUT2D eigenvalue weighted by molar-refractivity contribution is 5.68. The molecule has 4 heteroatoms. The van der Waals surface area contributed by atoms with Crippen LogP contribution in [0.1, 0.15) is 59.8 Å². The van der Waals surface area contributed by atoms with Crippen LogP contribution >= 0.6 is 0 Å². The Morgan fingerprint density at radius 3 is 2.37 bits per heavy atom. The first-order valence-corrected chi connectivity index (χ1v) is 7.40. The lowest BCUT2D eigenvalue weighted by molar-refractivity contribution is 0.0467. The molecule has 19 heavy (non-hydrogen) atoms. The predicted octanol–water partition coefficient (Wildman–Crippen LogP) is 3.09. The van der Waals surface area contributed by atoms with Gasteiger partial charge in [-0.25, -0.2) is 4.79 Å². The van der Waals surface area contributed by atoms with Crippen molar-refractivity contribution in [1.29, 1.82) is 0 Å². The second-order valence-electron chi connectivity index (χ2n) is 6.89. The maximum Gasteiger partial charge on any atom is 0.407 e. The third-order valence-corrected chi connectivity index (χ3v) is 3.69. The Bertz CT molecular complexity index is 278. The smallest absolute Gasteiger partial charge is 0.407 e. The Hall–Kier alpha value is -0.770. The molecule has 0 saturated heterocycles. The van der Waals surface area contributed by atoms with Crippen molar-refractivity contribution in [2.75, 3.05) is 6.61 Å². The first-order chi connectivity index (χ1) is 8.80. The molecule has 0 aromatic rings. The van der Waals surface area contributed by atoms with Crippen molar-refractivity contribution in [3.05, 3.63) is 0 Å². The van der Waals surface area contributed by atoms with Crippen molar-refractivity contribution in [2.45, 2.75) is 71.4 Å². The molecule has 112 valence electrons. The Balaban J connectivity index is 2.35. The van der Waals surface area contributed by atoms with Crippen molar-refractivity contribution in [1.82, 2.24) is 5.32 Å². The van der Waals surface area contributed by atoms with E-state index in [-0.39, 0.29) is 12.6 Å². The lowest BCUT2D eigenvalue weighted by Crippen LogP contribution is -2.42. The molecule has 1 aliphatic carbocycles. The average molecular weight is 271 g/mol. The zero-order valence-electron chi connectivity index (χ0n) is 12.7. The van der Waals surface area contributed by atoms with Crippen LogP contribution in [0, 0.1) is 11.8 Å². The van der Waals surface area contributed by atoms with E-state index in [4.69, 9.17) is 4.74 Å². The molecule has 2 N–H and O–H groups in total. The van der Waals surface area contributed by atoms with Crippen LogP contribution in [0.3, 0.4) is 0 Å². The summed E-state index contributed by atoms with van der Waals surface area (Å²) in [5.41, 5.74) is -0.496. The second-order valence-corrected chi connectivity index (χ2v) is 6.89. The molecule has 1 atom stereocenters. The molecule has 0 spiro atoms. The summed E-state index contributed by atoms with van der Waals surface area (Å²) in [4.78, 5) is 11.7. The predicted molar refractivity (Wildman–Crippen MR) is 76.0 cm³/mol. The summed E-state index contributed by atoms with van der Waals surface area (Å²) < 4.78 is 5.22. The molecular weight excluding hydrogens is 242 g/mol. The fourth-order valence-corrected chi connectivity index (χ4v) is 2.62. The average Bonchev–Trinajstić information content (AvgIpc) is 2.28. The fraction of sp³-hybridized carbons (Fsp3) is 0.933. The largest absolute Gasteiger partial charge is 0.444 e. The van der Waals surface area contributed by atoms with E-state index >= 15 is 0 Å². The molecule has 0 aromatic carbocycles. The summed E-state index contributed by atoms with van der Waals surface area (Å²) >= 11 is 0. The molecule has 1 rings (SSSR count). The molecule has 0 heterocycles. The van der Waals surface area contributed by atoms with E-state index < -0.39 is 11.7 Å². The second kappa shape index (κ2) is 7.13. The summed E-state index contributed by atoms with van der Waals surface area (Å²) in [5, 5.41) is 12.2. The highest BCUT2D eigenvalue weighted by atomic mass is 16.6. The van der Waals surface area contributed by atoms with Gasteiger partial charge in [-0.1, -0.05) is 32.6 Å². The van der Waals surface area contributed by atoms with Crippen LogP contribution in [0.15, 0.2) is 0 Å². The van der Waals surface area contributed by atoms with E-state index in [2.05, 4.69) is 12.2 Å². The summed E-state index contributed by atoms with van der Waals surface area (Å²) in [7, 11) is 0. The standard InChI is InChI=1S/C15H29NO3/c1-11-5-7-12(8-6-11)9-13(10-17)16-14(18)19-15(2,3)4/h11-13,17H,5-10H2,1-4H3,(H,16,18)/t11?,12?,13-/m0/s1. The van der Waals surface area contributed by atoms with E-state index in [1.54, 1.807) is 0 Å². The van der Waals surface area contributed by atoms with Gasteiger partial charge in [0.1, 0.15) is 5.60 Å². The topological polar surface area (TPSA) is 58.6 Å². The van der Waals surface area contributed by atoms with Crippen molar-refractivity contribution in [3.8, 4) is 0 Å². The number of rotatable bonds is 4. The highest BCUT2D eigenvalue weighted by Gasteiger charge is 2.24. The normalized spacial score (nSPS) is 25.7. The molecule has 0 unspecified atom stereocenters. The van der Waals surface area contributed by atoms with Crippen LogP contribution in [-0.2, 0) is 4.74 Å². The zero-order chi connectivity index (χ0) is 14.5. The van der Waals surface area contributed by atoms with Crippen molar-refractivity contribution in [3.63, 3.8) is 0 Å². The number of carbonyl (C=O) groups is 1. The number of aliphatic hydroxyl groups excluding tert-OH is 1. The molecule has 1 fully saturated rings. The first-order valence-electron chi connectivity index (χ1n) is 7.40. The molecule has 4 nitrogen and oxygen atoms in total.